The summed E-state index contributed by atoms with van der Waals surface area (Å²) >= 11 is 0. The molecule has 8 nitrogen and oxygen atoms in total. The highest BCUT2D eigenvalue weighted by Gasteiger charge is 2.43. The fraction of sp³-hybridized carbons (Fsp3) is 0.381. The molecule has 1 saturated carbocycles. The van der Waals surface area contributed by atoms with Crippen LogP contribution < -0.4 is 5.32 Å². The van der Waals surface area contributed by atoms with Crippen molar-refractivity contribution < 1.29 is 14.7 Å². The first-order chi connectivity index (χ1) is 13.9. The molecule has 2 heterocycles. The van der Waals surface area contributed by atoms with Gasteiger partial charge in [-0.3, -0.25) is 9.78 Å². The zero-order chi connectivity index (χ0) is 20.6. The van der Waals surface area contributed by atoms with Crippen molar-refractivity contribution in [1.29, 1.82) is 0 Å². The van der Waals surface area contributed by atoms with E-state index in [4.69, 9.17) is 0 Å². The lowest BCUT2D eigenvalue weighted by Crippen LogP contribution is -2.56. The van der Waals surface area contributed by atoms with Crippen molar-refractivity contribution in [3.8, 4) is 5.69 Å². The van der Waals surface area contributed by atoms with Gasteiger partial charge in [-0.05, 0) is 62.8 Å². The summed E-state index contributed by atoms with van der Waals surface area (Å²) in [5, 5.41) is 21.6. The molecule has 1 aliphatic rings. The van der Waals surface area contributed by atoms with Gasteiger partial charge in [0.15, 0.2) is 5.69 Å². The Bertz CT molecular complexity index is 1080. The molecule has 29 heavy (non-hydrogen) atoms. The number of aromatic nitrogens is 4. The second-order valence-corrected chi connectivity index (χ2v) is 7.84. The van der Waals surface area contributed by atoms with E-state index in [9.17, 15) is 14.7 Å². The SMILES string of the molecule is Cc1c(C(=O)NC2(C(=O)O)CCC(C)CC2)nnn1-c1ccc2ncccc2c1. The number of hydrogen-bond acceptors (Lipinski definition) is 5. The summed E-state index contributed by atoms with van der Waals surface area (Å²) in [6.07, 6.45) is 4.10. The van der Waals surface area contributed by atoms with Crippen LogP contribution in [0, 0.1) is 12.8 Å². The first-order valence-electron chi connectivity index (χ1n) is 9.73. The minimum atomic E-state index is -1.24. The van der Waals surface area contributed by atoms with E-state index < -0.39 is 17.4 Å². The van der Waals surface area contributed by atoms with Gasteiger partial charge in [0.1, 0.15) is 5.54 Å². The van der Waals surface area contributed by atoms with Gasteiger partial charge in [-0.25, -0.2) is 9.48 Å². The first kappa shape index (κ1) is 19.0. The summed E-state index contributed by atoms with van der Waals surface area (Å²) in [5.74, 6) is -1.04. The number of carbonyl (C=O) groups is 2. The number of rotatable bonds is 4. The molecule has 0 radical (unpaired) electrons. The lowest BCUT2D eigenvalue weighted by atomic mass is 9.77. The predicted molar refractivity (Wildman–Crippen MR) is 107 cm³/mol. The molecule has 1 amide bonds. The van der Waals surface area contributed by atoms with E-state index in [0.717, 1.165) is 29.4 Å². The Labute approximate surface area is 167 Å². The minimum Gasteiger partial charge on any atom is -0.480 e. The number of carboxylic acid groups (broad SMARTS) is 1. The summed E-state index contributed by atoms with van der Waals surface area (Å²) < 4.78 is 1.58. The van der Waals surface area contributed by atoms with Gasteiger partial charge < -0.3 is 10.4 Å². The molecule has 1 aliphatic carbocycles. The molecule has 150 valence electrons. The molecule has 0 saturated heterocycles. The molecule has 0 aliphatic heterocycles. The van der Waals surface area contributed by atoms with Gasteiger partial charge in [-0.2, -0.15) is 0 Å². The van der Waals surface area contributed by atoms with Crippen molar-refractivity contribution in [3.63, 3.8) is 0 Å². The quantitative estimate of drug-likeness (QED) is 0.705. The fourth-order valence-electron chi connectivity index (χ4n) is 3.90. The van der Waals surface area contributed by atoms with Crippen molar-refractivity contribution in [2.75, 3.05) is 0 Å². The molecule has 1 aromatic carbocycles. The van der Waals surface area contributed by atoms with Crippen molar-refractivity contribution in [1.82, 2.24) is 25.3 Å². The Morgan fingerprint density at radius 3 is 2.72 bits per heavy atom. The van der Waals surface area contributed by atoms with E-state index >= 15 is 0 Å². The number of fused-ring (bicyclic) bond motifs is 1. The molecular weight excluding hydrogens is 370 g/mol. The maximum Gasteiger partial charge on any atom is 0.329 e. The van der Waals surface area contributed by atoms with Gasteiger partial charge in [0, 0.05) is 11.6 Å². The van der Waals surface area contributed by atoms with E-state index in [-0.39, 0.29) is 5.69 Å². The average molecular weight is 393 g/mol. The van der Waals surface area contributed by atoms with E-state index in [1.54, 1.807) is 17.8 Å². The highest BCUT2D eigenvalue weighted by Crippen LogP contribution is 2.32. The summed E-state index contributed by atoms with van der Waals surface area (Å²) in [6, 6.07) is 9.48. The highest BCUT2D eigenvalue weighted by atomic mass is 16.4. The number of nitrogens with one attached hydrogen (secondary N) is 1. The number of aliphatic carboxylic acids is 1. The van der Waals surface area contributed by atoms with E-state index in [1.807, 2.05) is 30.3 Å². The van der Waals surface area contributed by atoms with Crippen LogP contribution in [0.25, 0.3) is 16.6 Å². The summed E-state index contributed by atoms with van der Waals surface area (Å²) in [5.41, 5.74) is 1.07. The monoisotopic (exact) mass is 393 g/mol. The zero-order valence-corrected chi connectivity index (χ0v) is 16.4. The van der Waals surface area contributed by atoms with Crippen LogP contribution >= 0.6 is 0 Å². The lowest BCUT2D eigenvalue weighted by molar-refractivity contribution is -0.146. The summed E-state index contributed by atoms with van der Waals surface area (Å²) in [4.78, 5) is 29.1. The number of pyridine rings is 1. The topological polar surface area (TPSA) is 110 Å². The number of benzene rings is 1. The summed E-state index contributed by atoms with van der Waals surface area (Å²) in [6.45, 7) is 3.85. The lowest BCUT2D eigenvalue weighted by Gasteiger charge is -2.36. The number of carbonyl (C=O) groups excluding carboxylic acids is 1. The summed E-state index contributed by atoms with van der Waals surface area (Å²) in [7, 11) is 0. The van der Waals surface area contributed by atoms with Crippen LogP contribution in [0.4, 0.5) is 0 Å². The molecule has 2 aromatic heterocycles. The fourth-order valence-corrected chi connectivity index (χ4v) is 3.90. The molecule has 0 atom stereocenters. The first-order valence-corrected chi connectivity index (χ1v) is 9.73. The third-order valence-electron chi connectivity index (χ3n) is 5.83. The smallest absolute Gasteiger partial charge is 0.329 e. The van der Waals surface area contributed by atoms with Gasteiger partial charge in [0.2, 0.25) is 0 Å². The van der Waals surface area contributed by atoms with Crippen molar-refractivity contribution in [2.45, 2.75) is 45.1 Å². The third-order valence-corrected chi connectivity index (χ3v) is 5.83. The van der Waals surface area contributed by atoms with E-state index in [2.05, 4.69) is 27.5 Å². The molecule has 1 fully saturated rings. The second-order valence-electron chi connectivity index (χ2n) is 7.84. The Kier molecular flexibility index (Phi) is 4.77. The molecule has 2 N–H and O–H groups in total. The van der Waals surface area contributed by atoms with E-state index in [0.29, 0.717) is 24.5 Å². The Morgan fingerprint density at radius 2 is 2.00 bits per heavy atom. The molecule has 0 unspecified atom stereocenters. The van der Waals surface area contributed by atoms with Crippen LogP contribution in [0.5, 0.6) is 0 Å². The largest absolute Gasteiger partial charge is 0.480 e. The number of carboxylic acids is 1. The van der Waals surface area contributed by atoms with Crippen LogP contribution in [-0.4, -0.2) is 42.5 Å². The maximum absolute atomic E-state index is 12.9. The number of amides is 1. The molecule has 8 heteroatoms. The van der Waals surface area contributed by atoms with Crippen LogP contribution in [0.1, 0.15) is 48.8 Å². The molecular formula is C21H23N5O3. The van der Waals surface area contributed by atoms with Crippen LogP contribution in [0.15, 0.2) is 36.5 Å². The van der Waals surface area contributed by atoms with Gasteiger partial charge in [0.05, 0.1) is 16.9 Å². The van der Waals surface area contributed by atoms with Gasteiger partial charge in [-0.15, -0.1) is 5.10 Å². The average Bonchev–Trinajstić information content (AvgIpc) is 3.11. The maximum atomic E-state index is 12.9. The molecule has 0 bridgehead atoms. The third kappa shape index (κ3) is 3.46. The Hall–Kier alpha value is -3.29. The minimum absolute atomic E-state index is 0.135. The predicted octanol–water partition coefficient (Wildman–Crippen LogP) is 2.89. The van der Waals surface area contributed by atoms with Crippen molar-refractivity contribution in [3.05, 3.63) is 47.9 Å². The standard InChI is InChI=1S/C21H23N5O3/c1-13-7-9-21(10-8-13,20(28)29)23-19(27)18-14(2)26(25-24-18)16-5-6-17-15(12-16)4-3-11-22-17/h3-6,11-13H,7-10H2,1-2H3,(H,23,27)(H,28,29). The van der Waals surface area contributed by atoms with Gasteiger partial charge in [0.25, 0.3) is 5.91 Å². The van der Waals surface area contributed by atoms with E-state index in [1.165, 1.54) is 0 Å². The van der Waals surface area contributed by atoms with Gasteiger partial charge >= 0.3 is 5.97 Å². The molecule has 4 rings (SSSR count). The number of hydrogen-bond donors (Lipinski definition) is 2. The normalized spacial score (nSPS) is 21.8. The van der Waals surface area contributed by atoms with Crippen LogP contribution in [0.2, 0.25) is 0 Å². The van der Waals surface area contributed by atoms with Crippen LogP contribution in [0.3, 0.4) is 0 Å². The number of nitrogens with zero attached hydrogens (tertiary/aromatic N) is 4. The highest BCUT2D eigenvalue weighted by molar-refractivity contribution is 5.97. The van der Waals surface area contributed by atoms with Crippen molar-refractivity contribution >= 4 is 22.8 Å². The van der Waals surface area contributed by atoms with Crippen molar-refractivity contribution in [2.24, 2.45) is 5.92 Å². The second kappa shape index (κ2) is 7.27. The van der Waals surface area contributed by atoms with Gasteiger partial charge in [-0.1, -0.05) is 18.2 Å². The zero-order valence-electron chi connectivity index (χ0n) is 16.4. The van der Waals surface area contributed by atoms with Crippen LogP contribution in [-0.2, 0) is 4.79 Å². The Balaban J connectivity index is 1.62. The molecule has 0 spiro atoms. The molecule has 3 aromatic rings. The Morgan fingerprint density at radius 1 is 1.24 bits per heavy atom.